The van der Waals surface area contributed by atoms with Crippen molar-refractivity contribution in [2.75, 3.05) is 20.3 Å². The Balaban J connectivity index is 2.35. The molecule has 0 saturated carbocycles. The zero-order valence-electron chi connectivity index (χ0n) is 10.6. The third-order valence-electron chi connectivity index (χ3n) is 3.70. The van der Waals surface area contributed by atoms with Gasteiger partial charge < -0.3 is 9.47 Å². The number of carbonyl (C=O) groups excluding carboxylic acids is 1. The highest BCUT2D eigenvalue weighted by molar-refractivity contribution is 6.30. The SMILES string of the molecule is CCC(C(=O)OC)C1(c2ccc(Cl)cc2)COC1. The molecule has 1 fully saturated rings. The molecule has 0 radical (unpaired) electrons. The molecular weight excluding hydrogens is 252 g/mol. The lowest BCUT2D eigenvalue weighted by Gasteiger charge is -2.46. The molecule has 2 rings (SSSR count). The van der Waals surface area contributed by atoms with Crippen LogP contribution in [-0.2, 0) is 19.7 Å². The summed E-state index contributed by atoms with van der Waals surface area (Å²) in [7, 11) is 1.43. The summed E-state index contributed by atoms with van der Waals surface area (Å²) < 4.78 is 10.3. The van der Waals surface area contributed by atoms with Crippen molar-refractivity contribution in [2.45, 2.75) is 18.8 Å². The minimum atomic E-state index is -0.258. The minimum absolute atomic E-state index is 0.169. The average molecular weight is 269 g/mol. The summed E-state index contributed by atoms with van der Waals surface area (Å²) in [5.41, 5.74) is 0.835. The van der Waals surface area contributed by atoms with Crippen LogP contribution < -0.4 is 0 Å². The van der Waals surface area contributed by atoms with Gasteiger partial charge in [0.25, 0.3) is 0 Å². The molecule has 4 heteroatoms. The first-order chi connectivity index (χ1) is 8.64. The van der Waals surface area contributed by atoms with Crippen molar-refractivity contribution < 1.29 is 14.3 Å². The highest BCUT2D eigenvalue weighted by Crippen LogP contribution is 2.42. The van der Waals surface area contributed by atoms with Gasteiger partial charge in [0.05, 0.1) is 31.7 Å². The molecule has 98 valence electrons. The van der Waals surface area contributed by atoms with Crippen LogP contribution >= 0.6 is 11.6 Å². The van der Waals surface area contributed by atoms with Gasteiger partial charge in [-0.25, -0.2) is 0 Å². The lowest BCUT2D eigenvalue weighted by molar-refractivity contribution is -0.160. The van der Waals surface area contributed by atoms with Crippen molar-refractivity contribution in [3.05, 3.63) is 34.9 Å². The fourth-order valence-electron chi connectivity index (χ4n) is 2.60. The molecule has 0 bridgehead atoms. The van der Waals surface area contributed by atoms with Crippen molar-refractivity contribution in [1.29, 1.82) is 0 Å². The summed E-state index contributed by atoms with van der Waals surface area (Å²) in [6, 6.07) is 7.63. The molecular formula is C14H17ClO3. The van der Waals surface area contributed by atoms with Crippen molar-refractivity contribution in [3.63, 3.8) is 0 Å². The third kappa shape index (κ3) is 2.13. The van der Waals surface area contributed by atoms with Gasteiger partial charge in [-0.3, -0.25) is 4.79 Å². The predicted octanol–water partition coefficient (Wildman–Crippen LogP) is 2.81. The van der Waals surface area contributed by atoms with Gasteiger partial charge in [0.15, 0.2) is 0 Å². The molecule has 1 saturated heterocycles. The number of carbonyl (C=O) groups is 1. The van der Waals surface area contributed by atoms with E-state index in [1.54, 1.807) is 0 Å². The maximum atomic E-state index is 11.9. The summed E-state index contributed by atoms with van der Waals surface area (Å²) in [6.45, 7) is 3.11. The molecule has 0 aromatic heterocycles. The minimum Gasteiger partial charge on any atom is -0.469 e. The standard InChI is InChI=1S/C14H17ClO3/c1-3-12(13(16)17-2)14(8-18-9-14)10-4-6-11(15)7-5-10/h4-7,12H,3,8-9H2,1-2H3. The monoisotopic (exact) mass is 268 g/mol. The number of halogens is 1. The maximum Gasteiger partial charge on any atom is 0.309 e. The number of ether oxygens (including phenoxy) is 2. The molecule has 3 nitrogen and oxygen atoms in total. The lowest BCUT2D eigenvalue weighted by Crippen LogP contribution is -2.54. The van der Waals surface area contributed by atoms with Gasteiger partial charge in [0.2, 0.25) is 0 Å². The van der Waals surface area contributed by atoms with Crippen molar-refractivity contribution in [1.82, 2.24) is 0 Å². The second-order valence-electron chi connectivity index (χ2n) is 4.64. The summed E-state index contributed by atoms with van der Waals surface area (Å²) >= 11 is 5.90. The number of hydrogen-bond acceptors (Lipinski definition) is 3. The molecule has 1 aliphatic rings. The molecule has 1 aromatic rings. The first-order valence-electron chi connectivity index (χ1n) is 6.05. The Morgan fingerprint density at radius 1 is 1.44 bits per heavy atom. The fourth-order valence-corrected chi connectivity index (χ4v) is 2.72. The largest absolute Gasteiger partial charge is 0.469 e. The molecule has 1 unspecified atom stereocenters. The second-order valence-corrected chi connectivity index (χ2v) is 5.08. The molecule has 0 amide bonds. The summed E-state index contributed by atoms with van der Waals surface area (Å²) in [5, 5.41) is 0.695. The van der Waals surface area contributed by atoms with Crippen LogP contribution in [0, 0.1) is 5.92 Å². The highest BCUT2D eigenvalue weighted by Gasteiger charge is 2.49. The van der Waals surface area contributed by atoms with E-state index < -0.39 is 0 Å². The van der Waals surface area contributed by atoms with E-state index in [0.29, 0.717) is 18.2 Å². The van der Waals surface area contributed by atoms with Gasteiger partial charge in [-0.1, -0.05) is 30.7 Å². The van der Waals surface area contributed by atoms with Gasteiger partial charge in [0.1, 0.15) is 0 Å². The quantitative estimate of drug-likeness (QED) is 0.788. The predicted molar refractivity (Wildman–Crippen MR) is 69.7 cm³/mol. The Kier molecular flexibility index (Phi) is 3.93. The highest BCUT2D eigenvalue weighted by atomic mass is 35.5. The first kappa shape index (κ1) is 13.4. The second kappa shape index (κ2) is 5.29. The first-order valence-corrected chi connectivity index (χ1v) is 6.43. The third-order valence-corrected chi connectivity index (χ3v) is 3.95. The number of hydrogen-bond donors (Lipinski definition) is 0. The number of esters is 1. The van der Waals surface area contributed by atoms with Crippen LogP contribution in [0.5, 0.6) is 0 Å². The van der Waals surface area contributed by atoms with Crippen molar-refractivity contribution in [2.24, 2.45) is 5.92 Å². The zero-order valence-corrected chi connectivity index (χ0v) is 11.4. The maximum absolute atomic E-state index is 11.9. The zero-order chi connectivity index (χ0) is 13.2. The van der Waals surface area contributed by atoms with Crippen LogP contribution in [-0.4, -0.2) is 26.3 Å². The van der Waals surface area contributed by atoms with Gasteiger partial charge in [0, 0.05) is 5.02 Å². The van der Waals surface area contributed by atoms with Crippen LogP contribution in [0.3, 0.4) is 0 Å². The molecule has 0 aliphatic carbocycles. The lowest BCUT2D eigenvalue weighted by atomic mass is 9.67. The van der Waals surface area contributed by atoms with E-state index in [9.17, 15) is 4.79 Å². The fraction of sp³-hybridized carbons (Fsp3) is 0.500. The van der Waals surface area contributed by atoms with Crippen LogP contribution in [0.25, 0.3) is 0 Å². The van der Waals surface area contributed by atoms with Crippen LogP contribution in [0.15, 0.2) is 24.3 Å². The van der Waals surface area contributed by atoms with E-state index in [2.05, 4.69) is 0 Å². The summed E-state index contributed by atoms with van der Waals surface area (Å²) in [4.78, 5) is 11.9. The Morgan fingerprint density at radius 3 is 2.44 bits per heavy atom. The van der Waals surface area contributed by atoms with E-state index in [0.717, 1.165) is 12.0 Å². The van der Waals surface area contributed by atoms with E-state index >= 15 is 0 Å². The Morgan fingerprint density at radius 2 is 2.06 bits per heavy atom. The molecule has 1 heterocycles. The van der Waals surface area contributed by atoms with E-state index in [1.807, 2.05) is 31.2 Å². The number of benzene rings is 1. The van der Waals surface area contributed by atoms with Crippen molar-refractivity contribution in [3.8, 4) is 0 Å². The van der Waals surface area contributed by atoms with E-state index in [1.165, 1.54) is 7.11 Å². The van der Waals surface area contributed by atoms with E-state index in [4.69, 9.17) is 21.1 Å². The number of rotatable bonds is 4. The average Bonchev–Trinajstić information content (AvgIpc) is 2.34. The normalized spacial score (nSPS) is 18.8. The summed E-state index contributed by atoms with van der Waals surface area (Å²) in [6.07, 6.45) is 0.735. The Bertz CT molecular complexity index is 423. The van der Waals surface area contributed by atoms with Crippen LogP contribution in [0.1, 0.15) is 18.9 Å². The van der Waals surface area contributed by atoms with E-state index in [-0.39, 0.29) is 17.3 Å². The van der Waals surface area contributed by atoms with Gasteiger partial charge in [-0.15, -0.1) is 0 Å². The number of methoxy groups -OCH3 is 1. The summed E-state index contributed by atoms with van der Waals surface area (Å²) in [5.74, 6) is -0.340. The molecule has 1 atom stereocenters. The Hall–Kier alpha value is -1.06. The smallest absolute Gasteiger partial charge is 0.309 e. The molecule has 1 aliphatic heterocycles. The molecule has 18 heavy (non-hydrogen) atoms. The molecule has 1 aromatic carbocycles. The molecule has 0 spiro atoms. The Labute approximate surface area is 112 Å². The van der Waals surface area contributed by atoms with Gasteiger partial charge >= 0.3 is 5.97 Å². The molecule has 0 N–H and O–H groups in total. The topological polar surface area (TPSA) is 35.5 Å². The van der Waals surface area contributed by atoms with Gasteiger partial charge in [-0.05, 0) is 24.1 Å². The van der Waals surface area contributed by atoms with Crippen LogP contribution in [0.2, 0.25) is 5.02 Å². The van der Waals surface area contributed by atoms with Crippen molar-refractivity contribution >= 4 is 17.6 Å². The van der Waals surface area contributed by atoms with Gasteiger partial charge in [-0.2, -0.15) is 0 Å². The van der Waals surface area contributed by atoms with Crippen LogP contribution in [0.4, 0.5) is 0 Å².